The second-order valence-electron chi connectivity index (χ2n) is 6.53. The Morgan fingerprint density at radius 3 is 2.92 bits per heavy atom. The van der Waals surface area contributed by atoms with Crippen molar-refractivity contribution in [1.29, 1.82) is 0 Å². The zero-order valence-electron chi connectivity index (χ0n) is 14.2. The molecule has 24 heavy (non-hydrogen) atoms. The van der Waals surface area contributed by atoms with Gasteiger partial charge >= 0.3 is 0 Å². The van der Waals surface area contributed by atoms with E-state index in [0.29, 0.717) is 13.1 Å². The summed E-state index contributed by atoms with van der Waals surface area (Å²) in [6.07, 6.45) is 8.13. The number of likely N-dealkylation sites (tertiary alicyclic amines) is 1. The zero-order chi connectivity index (χ0) is 16.8. The number of amides is 1. The summed E-state index contributed by atoms with van der Waals surface area (Å²) >= 11 is 1.68. The van der Waals surface area contributed by atoms with Gasteiger partial charge < -0.3 is 4.90 Å². The van der Waals surface area contributed by atoms with Gasteiger partial charge in [0.1, 0.15) is 0 Å². The fraction of sp³-hybridized carbons (Fsp3) is 0.474. The SMILES string of the molecule is CN1CCCCC[C@@H]1C(=O)N(Cc1cccnc1)Cc1ccsc1. The molecule has 0 N–H and O–H groups in total. The Morgan fingerprint density at radius 2 is 2.17 bits per heavy atom. The molecule has 5 heteroatoms. The molecule has 1 saturated heterocycles. The highest BCUT2D eigenvalue weighted by atomic mass is 32.1. The Hall–Kier alpha value is -1.72. The fourth-order valence-electron chi connectivity index (χ4n) is 3.30. The molecule has 1 aliphatic rings. The van der Waals surface area contributed by atoms with Gasteiger partial charge in [-0.1, -0.05) is 18.9 Å². The first-order chi connectivity index (χ1) is 11.7. The van der Waals surface area contributed by atoms with E-state index in [2.05, 4.69) is 33.8 Å². The number of carbonyl (C=O) groups excluding carboxylic acids is 1. The van der Waals surface area contributed by atoms with E-state index in [4.69, 9.17) is 0 Å². The van der Waals surface area contributed by atoms with Gasteiger partial charge in [-0.15, -0.1) is 0 Å². The highest BCUT2D eigenvalue weighted by molar-refractivity contribution is 7.07. The van der Waals surface area contributed by atoms with E-state index in [1.54, 1.807) is 17.5 Å². The lowest BCUT2D eigenvalue weighted by molar-refractivity contribution is -0.138. The third-order valence-electron chi connectivity index (χ3n) is 4.67. The van der Waals surface area contributed by atoms with Gasteiger partial charge in [0.15, 0.2) is 0 Å². The van der Waals surface area contributed by atoms with Crippen LogP contribution in [0.25, 0.3) is 0 Å². The van der Waals surface area contributed by atoms with E-state index in [0.717, 1.165) is 24.9 Å². The van der Waals surface area contributed by atoms with E-state index in [1.807, 2.05) is 23.2 Å². The van der Waals surface area contributed by atoms with Gasteiger partial charge in [0, 0.05) is 25.5 Å². The molecule has 3 rings (SSSR count). The van der Waals surface area contributed by atoms with Crippen LogP contribution in [0.2, 0.25) is 0 Å². The van der Waals surface area contributed by atoms with Crippen molar-refractivity contribution in [3.8, 4) is 0 Å². The zero-order valence-corrected chi connectivity index (χ0v) is 15.0. The number of nitrogens with zero attached hydrogens (tertiary/aromatic N) is 3. The van der Waals surface area contributed by atoms with Crippen molar-refractivity contribution in [1.82, 2.24) is 14.8 Å². The van der Waals surface area contributed by atoms with Crippen molar-refractivity contribution < 1.29 is 4.79 Å². The minimum absolute atomic E-state index is 0.00260. The third-order valence-corrected chi connectivity index (χ3v) is 5.40. The van der Waals surface area contributed by atoms with Crippen LogP contribution in [0.15, 0.2) is 41.4 Å². The van der Waals surface area contributed by atoms with Crippen LogP contribution in [0.1, 0.15) is 36.8 Å². The van der Waals surface area contributed by atoms with Gasteiger partial charge in [0.05, 0.1) is 6.04 Å². The second kappa shape index (κ2) is 8.40. The van der Waals surface area contributed by atoms with Crippen molar-refractivity contribution in [3.63, 3.8) is 0 Å². The van der Waals surface area contributed by atoms with Crippen LogP contribution in [-0.2, 0) is 17.9 Å². The lowest BCUT2D eigenvalue weighted by Crippen LogP contribution is -2.46. The summed E-state index contributed by atoms with van der Waals surface area (Å²) in [5.74, 6) is 0.245. The molecule has 4 nitrogen and oxygen atoms in total. The number of pyridine rings is 1. The van der Waals surface area contributed by atoms with Crippen molar-refractivity contribution in [2.75, 3.05) is 13.6 Å². The first kappa shape index (κ1) is 17.1. The minimum atomic E-state index is 0.00260. The molecule has 3 heterocycles. The number of hydrogen-bond acceptors (Lipinski definition) is 4. The summed E-state index contributed by atoms with van der Waals surface area (Å²) in [7, 11) is 2.08. The van der Waals surface area contributed by atoms with Crippen LogP contribution in [0.4, 0.5) is 0 Å². The molecular weight excluding hydrogens is 318 g/mol. The van der Waals surface area contributed by atoms with Gasteiger partial charge in [-0.25, -0.2) is 0 Å². The largest absolute Gasteiger partial charge is 0.333 e. The maximum absolute atomic E-state index is 13.3. The second-order valence-corrected chi connectivity index (χ2v) is 7.31. The van der Waals surface area contributed by atoms with E-state index >= 15 is 0 Å². The van der Waals surface area contributed by atoms with Crippen molar-refractivity contribution in [3.05, 3.63) is 52.5 Å². The van der Waals surface area contributed by atoms with Crippen LogP contribution in [0.3, 0.4) is 0 Å². The molecule has 2 aromatic heterocycles. The molecule has 2 aromatic rings. The molecule has 0 bridgehead atoms. The summed E-state index contributed by atoms with van der Waals surface area (Å²) in [5.41, 5.74) is 2.28. The molecule has 1 aliphatic heterocycles. The summed E-state index contributed by atoms with van der Waals surface area (Å²) in [6, 6.07) is 6.08. The number of hydrogen-bond donors (Lipinski definition) is 0. The number of likely N-dealkylation sites (N-methyl/N-ethyl adjacent to an activating group) is 1. The van der Waals surface area contributed by atoms with Gasteiger partial charge in [0.25, 0.3) is 0 Å². The van der Waals surface area contributed by atoms with Crippen LogP contribution in [0, 0.1) is 0 Å². The maximum Gasteiger partial charge on any atom is 0.240 e. The van der Waals surface area contributed by atoms with Gasteiger partial charge in [-0.2, -0.15) is 11.3 Å². The molecule has 0 saturated carbocycles. The summed E-state index contributed by atoms with van der Waals surface area (Å²) in [6.45, 7) is 2.30. The van der Waals surface area contributed by atoms with Crippen LogP contribution in [-0.4, -0.2) is 40.3 Å². The number of rotatable bonds is 5. The number of aromatic nitrogens is 1. The van der Waals surface area contributed by atoms with Crippen molar-refractivity contribution in [2.24, 2.45) is 0 Å². The molecule has 1 atom stereocenters. The normalized spacial score (nSPS) is 19.0. The number of thiophene rings is 1. The average molecular weight is 343 g/mol. The predicted molar refractivity (Wildman–Crippen MR) is 97.7 cm³/mol. The highest BCUT2D eigenvalue weighted by Gasteiger charge is 2.29. The van der Waals surface area contributed by atoms with Crippen molar-refractivity contribution >= 4 is 17.2 Å². The molecular formula is C19H25N3OS. The van der Waals surface area contributed by atoms with E-state index in [9.17, 15) is 4.79 Å². The van der Waals surface area contributed by atoms with E-state index in [1.165, 1.54) is 18.4 Å². The monoisotopic (exact) mass is 343 g/mol. The summed E-state index contributed by atoms with van der Waals surface area (Å²) in [5, 5.41) is 4.19. The average Bonchev–Trinajstić information content (AvgIpc) is 3.01. The number of carbonyl (C=O) groups is 1. The Balaban J connectivity index is 1.78. The third kappa shape index (κ3) is 4.42. The van der Waals surface area contributed by atoms with Crippen LogP contribution in [0.5, 0.6) is 0 Å². The molecule has 0 aliphatic carbocycles. The standard InChI is InChI=1S/C19H25N3OS/c1-21-10-4-2-3-7-18(21)19(23)22(14-17-8-11-24-15-17)13-16-6-5-9-20-12-16/h5-6,8-9,11-12,15,18H,2-4,7,10,13-14H2,1H3/t18-/m1/s1. The Bertz CT molecular complexity index is 629. The van der Waals surface area contributed by atoms with Gasteiger partial charge in [-0.05, 0) is 60.5 Å². The minimum Gasteiger partial charge on any atom is -0.333 e. The topological polar surface area (TPSA) is 36.4 Å². The van der Waals surface area contributed by atoms with Gasteiger partial charge in [-0.3, -0.25) is 14.7 Å². The Morgan fingerprint density at radius 1 is 1.29 bits per heavy atom. The first-order valence-electron chi connectivity index (χ1n) is 8.63. The fourth-order valence-corrected chi connectivity index (χ4v) is 3.96. The molecule has 0 radical (unpaired) electrons. The van der Waals surface area contributed by atoms with Crippen LogP contribution >= 0.6 is 11.3 Å². The highest BCUT2D eigenvalue weighted by Crippen LogP contribution is 2.20. The summed E-state index contributed by atoms with van der Waals surface area (Å²) < 4.78 is 0. The lowest BCUT2D eigenvalue weighted by Gasteiger charge is -2.31. The quantitative estimate of drug-likeness (QED) is 0.833. The smallest absolute Gasteiger partial charge is 0.240 e. The molecule has 128 valence electrons. The Kier molecular flexibility index (Phi) is 5.99. The predicted octanol–water partition coefficient (Wildman–Crippen LogP) is 3.55. The van der Waals surface area contributed by atoms with Gasteiger partial charge in [0.2, 0.25) is 5.91 Å². The van der Waals surface area contributed by atoms with E-state index in [-0.39, 0.29) is 11.9 Å². The molecule has 0 aromatic carbocycles. The van der Waals surface area contributed by atoms with Crippen molar-refractivity contribution in [2.45, 2.75) is 44.8 Å². The Labute approximate surface area is 148 Å². The first-order valence-corrected chi connectivity index (χ1v) is 9.57. The molecule has 1 amide bonds. The van der Waals surface area contributed by atoms with Crippen LogP contribution < -0.4 is 0 Å². The summed E-state index contributed by atoms with van der Waals surface area (Å²) in [4.78, 5) is 21.7. The van der Waals surface area contributed by atoms with E-state index < -0.39 is 0 Å². The lowest BCUT2D eigenvalue weighted by atomic mass is 10.1. The maximum atomic E-state index is 13.3. The molecule has 1 fully saturated rings. The molecule has 0 unspecified atom stereocenters. The molecule has 0 spiro atoms.